The van der Waals surface area contributed by atoms with Gasteiger partial charge in [-0.2, -0.15) is 5.10 Å². The lowest BCUT2D eigenvalue weighted by Gasteiger charge is -2.35. The Morgan fingerprint density at radius 3 is 2.42 bits per heavy atom. The zero-order valence-corrected chi connectivity index (χ0v) is 13.0. The first-order chi connectivity index (χ1) is 8.62. The van der Waals surface area contributed by atoms with Gasteiger partial charge < -0.3 is 5.11 Å². The summed E-state index contributed by atoms with van der Waals surface area (Å²) in [5.74, 6) is -0.790. The highest BCUT2D eigenvalue weighted by atomic mass is 35.5. The number of carbonyl (C=O) groups is 1. The molecule has 19 heavy (non-hydrogen) atoms. The number of carboxylic acids is 1. The maximum atomic E-state index is 10.8. The molecule has 0 saturated heterocycles. The van der Waals surface area contributed by atoms with Gasteiger partial charge in [0.1, 0.15) is 0 Å². The van der Waals surface area contributed by atoms with Crippen LogP contribution in [0.4, 0.5) is 0 Å². The summed E-state index contributed by atoms with van der Waals surface area (Å²) < 4.78 is 1.76. The molecule has 1 N–H and O–H groups in total. The molecule has 1 aromatic rings. The normalized spacial score (nSPS) is 12.2. The Hall–Kier alpha value is -1.07. The number of rotatable bonds is 5. The lowest BCUT2D eigenvalue weighted by molar-refractivity contribution is -0.137. The molecule has 0 spiro atoms. The van der Waals surface area contributed by atoms with E-state index in [0.717, 1.165) is 11.4 Å². The third kappa shape index (κ3) is 4.21. The summed E-state index contributed by atoms with van der Waals surface area (Å²) in [6, 6.07) is 0. The number of hydrogen-bond donors (Lipinski definition) is 1. The zero-order chi connectivity index (χ0) is 14.8. The summed E-state index contributed by atoms with van der Waals surface area (Å²) in [6.45, 7) is 9.13. The second-order valence-corrected chi connectivity index (χ2v) is 6.08. The van der Waals surface area contributed by atoms with E-state index in [-0.39, 0.29) is 12.0 Å². The fourth-order valence-corrected chi connectivity index (χ4v) is 2.13. The average molecular weight is 288 g/mol. The number of halogens is 1. The van der Waals surface area contributed by atoms with Crippen LogP contribution < -0.4 is 0 Å². The van der Waals surface area contributed by atoms with E-state index >= 15 is 0 Å². The van der Waals surface area contributed by atoms with Gasteiger partial charge in [0.15, 0.2) is 0 Å². The van der Waals surface area contributed by atoms with E-state index in [0.29, 0.717) is 18.1 Å². The van der Waals surface area contributed by atoms with Gasteiger partial charge in [0.2, 0.25) is 0 Å². The highest BCUT2D eigenvalue weighted by molar-refractivity contribution is 6.31. The quantitative estimate of drug-likeness (QED) is 0.904. The summed E-state index contributed by atoms with van der Waals surface area (Å²) >= 11 is 6.24. The number of carboxylic acid groups (broad SMARTS) is 1. The van der Waals surface area contributed by atoms with Crippen LogP contribution in [0.5, 0.6) is 0 Å². The molecule has 0 aliphatic rings. The standard InChI is InChI=1S/C13H22ClN3O2/c1-9-12(14)10(16(5)15-9)8-17(13(2,3)4)7-6-11(18)19/h6-8H2,1-5H3,(H,18,19). The first-order valence-corrected chi connectivity index (χ1v) is 6.65. The highest BCUT2D eigenvalue weighted by Crippen LogP contribution is 2.24. The van der Waals surface area contributed by atoms with Crippen molar-refractivity contribution in [3.8, 4) is 0 Å². The topological polar surface area (TPSA) is 58.4 Å². The van der Waals surface area contributed by atoms with Gasteiger partial charge in [0.05, 0.1) is 22.8 Å². The van der Waals surface area contributed by atoms with Crippen molar-refractivity contribution in [2.75, 3.05) is 6.54 Å². The third-order valence-electron chi connectivity index (χ3n) is 3.15. The van der Waals surface area contributed by atoms with Gasteiger partial charge in [-0.05, 0) is 27.7 Å². The average Bonchev–Trinajstić information content (AvgIpc) is 2.47. The molecule has 0 aliphatic carbocycles. The molecule has 0 atom stereocenters. The maximum Gasteiger partial charge on any atom is 0.304 e. The molecule has 5 nitrogen and oxygen atoms in total. The van der Waals surface area contributed by atoms with Crippen LogP contribution in [0.15, 0.2) is 0 Å². The van der Waals surface area contributed by atoms with Gasteiger partial charge in [-0.25, -0.2) is 0 Å². The van der Waals surface area contributed by atoms with E-state index < -0.39 is 5.97 Å². The summed E-state index contributed by atoms with van der Waals surface area (Å²) in [4.78, 5) is 12.9. The molecule has 1 rings (SSSR count). The molecule has 0 bridgehead atoms. The zero-order valence-electron chi connectivity index (χ0n) is 12.2. The van der Waals surface area contributed by atoms with Crippen molar-refractivity contribution >= 4 is 17.6 Å². The predicted molar refractivity (Wildman–Crippen MR) is 75.4 cm³/mol. The van der Waals surface area contributed by atoms with Crippen molar-refractivity contribution in [1.29, 1.82) is 0 Å². The number of nitrogens with zero attached hydrogens (tertiary/aromatic N) is 3. The third-order valence-corrected chi connectivity index (χ3v) is 3.64. The Morgan fingerprint density at radius 2 is 2.05 bits per heavy atom. The smallest absolute Gasteiger partial charge is 0.304 e. The molecule has 1 aromatic heterocycles. The Labute approximate surface area is 119 Å². The van der Waals surface area contributed by atoms with Crippen LogP contribution in [0.1, 0.15) is 38.6 Å². The second kappa shape index (κ2) is 5.92. The van der Waals surface area contributed by atoms with E-state index in [9.17, 15) is 4.79 Å². The van der Waals surface area contributed by atoms with Crippen LogP contribution in [0, 0.1) is 6.92 Å². The van der Waals surface area contributed by atoms with Crippen molar-refractivity contribution in [3.63, 3.8) is 0 Å². The molecule has 0 aromatic carbocycles. The molecule has 0 unspecified atom stereocenters. The van der Waals surface area contributed by atoms with Crippen LogP contribution in [0.3, 0.4) is 0 Å². The minimum absolute atomic E-state index is 0.117. The first kappa shape index (κ1) is 16.0. The van der Waals surface area contributed by atoms with Gasteiger partial charge in [-0.3, -0.25) is 14.4 Å². The van der Waals surface area contributed by atoms with Gasteiger partial charge in [0.25, 0.3) is 0 Å². The van der Waals surface area contributed by atoms with E-state index in [1.54, 1.807) is 4.68 Å². The van der Waals surface area contributed by atoms with Crippen molar-refractivity contribution in [2.45, 2.75) is 46.2 Å². The monoisotopic (exact) mass is 287 g/mol. The number of aryl methyl sites for hydroxylation is 2. The van der Waals surface area contributed by atoms with Crippen LogP contribution in [0.25, 0.3) is 0 Å². The highest BCUT2D eigenvalue weighted by Gasteiger charge is 2.24. The lowest BCUT2D eigenvalue weighted by atomic mass is 10.1. The molecule has 0 radical (unpaired) electrons. The fraction of sp³-hybridized carbons (Fsp3) is 0.692. The number of aliphatic carboxylic acids is 1. The summed E-state index contributed by atoms with van der Waals surface area (Å²) in [6.07, 6.45) is 0.117. The van der Waals surface area contributed by atoms with Crippen molar-refractivity contribution < 1.29 is 9.90 Å². The summed E-state index contributed by atoms with van der Waals surface area (Å²) in [7, 11) is 1.85. The Morgan fingerprint density at radius 1 is 1.47 bits per heavy atom. The van der Waals surface area contributed by atoms with Crippen LogP contribution in [-0.2, 0) is 18.4 Å². The van der Waals surface area contributed by atoms with Gasteiger partial charge in [-0.1, -0.05) is 11.6 Å². The maximum absolute atomic E-state index is 10.8. The van der Waals surface area contributed by atoms with E-state index in [1.807, 2.05) is 14.0 Å². The Bertz CT molecular complexity index is 463. The number of aromatic nitrogens is 2. The molecule has 0 fully saturated rings. The molecule has 0 amide bonds. The molecule has 108 valence electrons. The van der Waals surface area contributed by atoms with Crippen molar-refractivity contribution in [3.05, 3.63) is 16.4 Å². The minimum Gasteiger partial charge on any atom is -0.481 e. The van der Waals surface area contributed by atoms with Crippen LogP contribution >= 0.6 is 11.6 Å². The van der Waals surface area contributed by atoms with Crippen LogP contribution in [0.2, 0.25) is 5.02 Å². The SMILES string of the molecule is Cc1nn(C)c(CN(CCC(=O)O)C(C)(C)C)c1Cl. The summed E-state index contributed by atoms with van der Waals surface area (Å²) in [5.41, 5.74) is 1.59. The van der Waals surface area contributed by atoms with E-state index in [1.165, 1.54) is 0 Å². The van der Waals surface area contributed by atoms with Crippen LogP contribution in [-0.4, -0.2) is 37.8 Å². The fourth-order valence-electron chi connectivity index (χ4n) is 1.91. The van der Waals surface area contributed by atoms with Crippen molar-refractivity contribution in [2.24, 2.45) is 7.05 Å². The predicted octanol–water partition coefficient (Wildman–Crippen LogP) is 2.46. The molecular formula is C13H22ClN3O2. The largest absolute Gasteiger partial charge is 0.481 e. The van der Waals surface area contributed by atoms with Gasteiger partial charge >= 0.3 is 5.97 Å². The molecule has 0 aliphatic heterocycles. The summed E-state index contributed by atoms with van der Waals surface area (Å²) in [5, 5.41) is 13.8. The molecule has 1 heterocycles. The first-order valence-electron chi connectivity index (χ1n) is 6.27. The molecule has 6 heteroatoms. The number of hydrogen-bond acceptors (Lipinski definition) is 3. The minimum atomic E-state index is -0.790. The Kier molecular flexibility index (Phi) is 4.98. The van der Waals surface area contributed by atoms with E-state index in [2.05, 4.69) is 30.8 Å². The molecule has 0 saturated carbocycles. The Balaban J connectivity index is 2.91. The van der Waals surface area contributed by atoms with Crippen molar-refractivity contribution in [1.82, 2.24) is 14.7 Å². The van der Waals surface area contributed by atoms with Gasteiger partial charge in [-0.15, -0.1) is 0 Å². The second-order valence-electron chi connectivity index (χ2n) is 5.71. The van der Waals surface area contributed by atoms with Gasteiger partial charge in [0, 0.05) is 25.7 Å². The molecular weight excluding hydrogens is 266 g/mol. The van der Waals surface area contributed by atoms with E-state index in [4.69, 9.17) is 16.7 Å². The lowest BCUT2D eigenvalue weighted by Crippen LogP contribution is -2.42.